The van der Waals surface area contributed by atoms with Crippen molar-refractivity contribution >= 4 is 29.9 Å². The quantitative estimate of drug-likeness (QED) is 0.406. The molecule has 1 heterocycles. The van der Waals surface area contributed by atoms with Crippen molar-refractivity contribution in [2.45, 2.75) is 20.0 Å². The average Bonchev–Trinajstić information content (AvgIpc) is 3.08. The summed E-state index contributed by atoms with van der Waals surface area (Å²) in [5.41, 5.74) is 1.13. The Labute approximate surface area is 160 Å². The highest BCUT2D eigenvalue weighted by molar-refractivity contribution is 14.0. The third-order valence-electron chi connectivity index (χ3n) is 3.45. The van der Waals surface area contributed by atoms with E-state index in [2.05, 4.69) is 33.3 Å². The van der Waals surface area contributed by atoms with Crippen LogP contribution in [0.5, 0.6) is 5.75 Å². The van der Waals surface area contributed by atoms with E-state index >= 15 is 0 Å². The van der Waals surface area contributed by atoms with Gasteiger partial charge in [0.25, 0.3) is 0 Å². The Morgan fingerprint density at radius 1 is 1.33 bits per heavy atom. The lowest BCUT2D eigenvalue weighted by Crippen LogP contribution is -2.38. The van der Waals surface area contributed by atoms with Gasteiger partial charge in [0.05, 0.1) is 20.2 Å². The number of benzene rings is 1. The van der Waals surface area contributed by atoms with Gasteiger partial charge in [-0.2, -0.15) is 5.10 Å². The Morgan fingerprint density at radius 3 is 2.79 bits per heavy atom. The highest BCUT2D eigenvalue weighted by Gasteiger charge is 2.09. The van der Waals surface area contributed by atoms with Gasteiger partial charge in [0.15, 0.2) is 5.96 Å². The van der Waals surface area contributed by atoms with Gasteiger partial charge >= 0.3 is 0 Å². The number of guanidine groups is 1. The van der Waals surface area contributed by atoms with Crippen LogP contribution in [-0.4, -0.2) is 47.9 Å². The fourth-order valence-corrected chi connectivity index (χ4v) is 2.32. The number of halogens is 1. The van der Waals surface area contributed by atoms with Crippen molar-refractivity contribution in [2.24, 2.45) is 4.99 Å². The first-order valence-corrected chi connectivity index (χ1v) is 7.83. The van der Waals surface area contributed by atoms with Gasteiger partial charge in [-0.15, -0.1) is 24.0 Å². The standard InChI is InChI=1S/C17H25N5O.HI/c1-4-18-17(19-11-13-22-12-7-10-20-22)21(2)14-15-8-5-6-9-16(15)23-3;/h5-10,12H,4,11,13-14H2,1-3H3,(H,18,19);1H. The molecule has 7 heteroatoms. The predicted octanol–water partition coefficient (Wildman–Crippen LogP) is 2.61. The van der Waals surface area contributed by atoms with E-state index in [0.29, 0.717) is 6.54 Å². The van der Waals surface area contributed by atoms with E-state index in [1.165, 1.54) is 0 Å². The number of ether oxygens (including phenoxy) is 1. The molecule has 1 aromatic heterocycles. The van der Waals surface area contributed by atoms with Gasteiger partial charge in [0.2, 0.25) is 0 Å². The van der Waals surface area contributed by atoms with Crippen LogP contribution in [0.2, 0.25) is 0 Å². The van der Waals surface area contributed by atoms with Crippen molar-refractivity contribution in [3.05, 3.63) is 48.3 Å². The van der Waals surface area contributed by atoms with Gasteiger partial charge < -0.3 is 15.0 Å². The van der Waals surface area contributed by atoms with Gasteiger partial charge in [0.1, 0.15) is 5.75 Å². The van der Waals surface area contributed by atoms with Gasteiger partial charge in [-0.3, -0.25) is 9.67 Å². The van der Waals surface area contributed by atoms with Crippen LogP contribution in [0.1, 0.15) is 12.5 Å². The molecule has 0 aliphatic carbocycles. The fraction of sp³-hybridized carbons (Fsp3) is 0.412. The molecule has 0 aliphatic heterocycles. The fourth-order valence-electron chi connectivity index (χ4n) is 2.32. The maximum atomic E-state index is 5.42. The second-order valence-corrected chi connectivity index (χ2v) is 5.17. The second kappa shape index (κ2) is 10.9. The normalized spacial score (nSPS) is 10.9. The van der Waals surface area contributed by atoms with Gasteiger partial charge in [0, 0.05) is 38.1 Å². The molecule has 1 aromatic carbocycles. The van der Waals surface area contributed by atoms with Crippen molar-refractivity contribution in [2.75, 3.05) is 27.2 Å². The largest absolute Gasteiger partial charge is 0.496 e. The molecule has 0 spiro atoms. The second-order valence-electron chi connectivity index (χ2n) is 5.17. The van der Waals surface area contributed by atoms with Crippen molar-refractivity contribution in [1.82, 2.24) is 20.0 Å². The lowest BCUT2D eigenvalue weighted by atomic mass is 10.2. The molecule has 132 valence electrons. The molecule has 0 fully saturated rings. The maximum absolute atomic E-state index is 5.42. The zero-order valence-corrected chi connectivity index (χ0v) is 16.8. The Bertz CT molecular complexity index is 615. The number of aliphatic imine (C=N–C) groups is 1. The maximum Gasteiger partial charge on any atom is 0.194 e. The summed E-state index contributed by atoms with van der Waals surface area (Å²) < 4.78 is 7.30. The van der Waals surface area contributed by atoms with E-state index < -0.39 is 0 Å². The molecule has 0 atom stereocenters. The Morgan fingerprint density at radius 2 is 2.12 bits per heavy atom. The number of hydrogen-bond acceptors (Lipinski definition) is 3. The summed E-state index contributed by atoms with van der Waals surface area (Å²) in [6, 6.07) is 9.97. The average molecular weight is 443 g/mol. The SMILES string of the molecule is CCNC(=NCCn1cccn1)N(C)Cc1ccccc1OC.I. The van der Waals surface area contributed by atoms with Crippen molar-refractivity contribution in [3.63, 3.8) is 0 Å². The molecule has 1 N–H and O–H groups in total. The minimum absolute atomic E-state index is 0. The molecule has 0 aliphatic rings. The molecule has 2 aromatic rings. The summed E-state index contributed by atoms with van der Waals surface area (Å²) in [5.74, 6) is 1.78. The van der Waals surface area contributed by atoms with Crippen LogP contribution in [0, 0.1) is 0 Å². The number of nitrogens with zero attached hydrogens (tertiary/aromatic N) is 4. The van der Waals surface area contributed by atoms with E-state index in [9.17, 15) is 0 Å². The zero-order valence-electron chi connectivity index (χ0n) is 14.5. The summed E-state index contributed by atoms with van der Waals surface area (Å²) in [6.45, 7) is 5.08. The minimum Gasteiger partial charge on any atom is -0.496 e. The van der Waals surface area contributed by atoms with Gasteiger partial charge in [-0.05, 0) is 19.1 Å². The Kier molecular flexibility index (Phi) is 9.21. The summed E-state index contributed by atoms with van der Waals surface area (Å²) >= 11 is 0. The topological polar surface area (TPSA) is 54.7 Å². The smallest absolute Gasteiger partial charge is 0.194 e. The number of hydrogen-bond donors (Lipinski definition) is 1. The van der Waals surface area contributed by atoms with E-state index in [-0.39, 0.29) is 24.0 Å². The van der Waals surface area contributed by atoms with E-state index in [1.54, 1.807) is 13.3 Å². The molecule has 0 saturated heterocycles. The third kappa shape index (κ3) is 6.03. The van der Waals surface area contributed by atoms with Crippen LogP contribution in [0.25, 0.3) is 0 Å². The van der Waals surface area contributed by atoms with Gasteiger partial charge in [-0.25, -0.2) is 0 Å². The Balaban J connectivity index is 0.00000288. The summed E-state index contributed by atoms with van der Waals surface area (Å²) in [7, 11) is 3.73. The molecule has 0 saturated carbocycles. The van der Waals surface area contributed by atoms with Crippen LogP contribution in [0.15, 0.2) is 47.7 Å². The highest BCUT2D eigenvalue weighted by Crippen LogP contribution is 2.18. The zero-order chi connectivity index (χ0) is 16.5. The van der Waals surface area contributed by atoms with Crippen LogP contribution < -0.4 is 10.1 Å². The summed E-state index contributed by atoms with van der Waals surface area (Å²) in [4.78, 5) is 6.77. The number of para-hydroxylation sites is 1. The molecule has 24 heavy (non-hydrogen) atoms. The summed E-state index contributed by atoms with van der Waals surface area (Å²) in [6.07, 6.45) is 3.73. The first kappa shape index (κ1) is 20.3. The van der Waals surface area contributed by atoms with Crippen molar-refractivity contribution in [3.8, 4) is 5.75 Å². The van der Waals surface area contributed by atoms with Crippen LogP contribution in [-0.2, 0) is 13.1 Å². The first-order chi connectivity index (χ1) is 11.2. The van der Waals surface area contributed by atoms with Crippen LogP contribution >= 0.6 is 24.0 Å². The van der Waals surface area contributed by atoms with Crippen LogP contribution in [0.4, 0.5) is 0 Å². The monoisotopic (exact) mass is 443 g/mol. The third-order valence-corrected chi connectivity index (χ3v) is 3.45. The lowest BCUT2D eigenvalue weighted by Gasteiger charge is -2.23. The Hall–Kier alpha value is -1.77. The molecule has 2 rings (SSSR count). The first-order valence-electron chi connectivity index (χ1n) is 7.83. The lowest BCUT2D eigenvalue weighted by molar-refractivity contribution is 0.396. The van der Waals surface area contributed by atoms with Gasteiger partial charge in [-0.1, -0.05) is 18.2 Å². The molecular formula is C17H26IN5O. The van der Waals surface area contributed by atoms with E-state index in [0.717, 1.165) is 36.9 Å². The number of aromatic nitrogens is 2. The molecular weight excluding hydrogens is 417 g/mol. The number of rotatable bonds is 7. The highest BCUT2D eigenvalue weighted by atomic mass is 127. The minimum atomic E-state index is 0. The predicted molar refractivity (Wildman–Crippen MR) is 108 cm³/mol. The molecule has 6 nitrogen and oxygen atoms in total. The summed E-state index contributed by atoms with van der Waals surface area (Å²) in [5, 5.41) is 7.52. The van der Waals surface area contributed by atoms with E-state index in [1.807, 2.05) is 42.2 Å². The molecule has 0 bridgehead atoms. The molecule has 0 amide bonds. The number of nitrogens with one attached hydrogen (secondary N) is 1. The van der Waals surface area contributed by atoms with Crippen molar-refractivity contribution < 1.29 is 4.74 Å². The molecule has 0 radical (unpaired) electrons. The van der Waals surface area contributed by atoms with Crippen molar-refractivity contribution in [1.29, 1.82) is 0 Å². The molecule has 0 unspecified atom stereocenters. The van der Waals surface area contributed by atoms with E-state index in [4.69, 9.17) is 4.74 Å². The van der Waals surface area contributed by atoms with Crippen LogP contribution in [0.3, 0.4) is 0 Å². The number of methoxy groups -OCH3 is 1.